The largest absolute Gasteiger partial charge is 0.507 e. The number of hydrogen-bond acceptors (Lipinski definition) is 4. The van der Waals surface area contributed by atoms with E-state index in [1.54, 1.807) is 18.2 Å². The van der Waals surface area contributed by atoms with E-state index in [-0.39, 0.29) is 27.9 Å². The summed E-state index contributed by atoms with van der Waals surface area (Å²) in [6.07, 6.45) is 0. The molecule has 0 spiro atoms. The second-order valence-electron chi connectivity index (χ2n) is 9.33. The van der Waals surface area contributed by atoms with Gasteiger partial charge in [0.25, 0.3) is 0 Å². The zero-order valence-corrected chi connectivity index (χ0v) is 16.7. The van der Waals surface area contributed by atoms with Gasteiger partial charge in [-0.05, 0) is 28.0 Å². The first-order valence-electron chi connectivity index (χ1n) is 9.09. The maximum absolute atomic E-state index is 13.0. The highest BCUT2D eigenvalue weighted by atomic mass is 16.3. The minimum absolute atomic E-state index is 0.0361. The highest BCUT2D eigenvalue weighted by molar-refractivity contribution is 6.32. The fourth-order valence-electron chi connectivity index (χ4n) is 3.53. The van der Waals surface area contributed by atoms with Gasteiger partial charge in [-0.25, -0.2) is 0 Å². The Hall–Kier alpha value is -2.46. The number of rotatable bonds is 1. The van der Waals surface area contributed by atoms with Gasteiger partial charge in [-0.2, -0.15) is 0 Å². The van der Waals surface area contributed by atoms with Gasteiger partial charge in [-0.1, -0.05) is 71.9 Å². The van der Waals surface area contributed by atoms with Crippen LogP contribution in [0, 0.1) is 0 Å². The zero-order chi connectivity index (χ0) is 20.4. The minimum atomic E-state index is -2.41. The number of carbonyl (C=O) groups excluding carboxylic acids is 2. The van der Waals surface area contributed by atoms with Gasteiger partial charge in [0.1, 0.15) is 5.75 Å². The van der Waals surface area contributed by atoms with Gasteiger partial charge in [0.15, 0.2) is 0 Å². The third-order valence-electron chi connectivity index (χ3n) is 5.25. The van der Waals surface area contributed by atoms with Crippen LogP contribution >= 0.6 is 0 Å². The molecule has 0 unspecified atom stereocenters. The molecule has 2 aromatic carbocycles. The summed E-state index contributed by atoms with van der Waals surface area (Å²) in [5.41, 5.74) is -1.38. The summed E-state index contributed by atoms with van der Waals surface area (Å²) >= 11 is 0. The maximum Gasteiger partial charge on any atom is 0.220 e. The minimum Gasteiger partial charge on any atom is -0.507 e. The van der Waals surface area contributed by atoms with Crippen LogP contribution in [0.3, 0.4) is 0 Å². The van der Waals surface area contributed by atoms with Crippen LogP contribution in [0.1, 0.15) is 78.9 Å². The standard InChI is InChI=1S/C23H26O4/c1-21(2,3)13-11-16(22(4,5)6)18(24)17(12-13)23(27)19(25)14-9-7-8-10-15(14)20(23)26/h7-12,24,27H,1-6H3. The molecule has 4 heteroatoms. The summed E-state index contributed by atoms with van der Waals surface area (Å²) < 4.78 is 0. The highest BCUT2D eigenvalue weighted by Crippen LogP contribution is 2.46. The van der Waals surface area contributed by atoms with Gasteiger partial charge in [-0.3, -0.25) is 9.59 Å². The Kier molecular flexibility index (Phi) is 4.12. The normalized spacial score (nSPS) is 16.6. The fraction of sp³-hybridized carbons (Fsp3) is 0.391. The Bertz CT molecular complexity index is 920. The molecule has 0 aliphatic heterocycles. The molecule has 2 N–H and O–H groups in total. The molecule has 142 valence electrons. The van der Waals surface area contributed by atoms with E-state index in [1.807, 2.05) is 47.6 Å². The summed E-state index contributed by atoms with van der Waals surface area (Å²) in [5, 5.41) is 22.3. The number of ketones is 2. The predicted octanol–water partition coefficient (Wildman–Crippen LogP) is 4.25. The summed E-state index contributed by atoms with van der Waals surface area (Å²) in [6, 6.07) is 9.85. The van der Waals surface area contributed by atoms with Gasteiger partial charge in [-0.15, -0.1) is 0 Å². The van der Waals surface area contributed by atoms with Gasteiger partial charge in [0.05, 0.1) is 0 Å². The van der Waals surface area contributed by atoms with Crippen LogP contribution in [0.5, 0.6) is 5.75 Å². The Morgan fingerprint density at radius 2 is 1.30 bits per heavy atom. The molecule has 27 heavy (non-hydrogen) atoms. The molecule has 0 fully saturated rings. The van der Waals surface area contributed by atoms with E-state index in [9.17, 15) is 19.8 Å². The summed E-state index contributed by atoms with van der Waals surface area (Å²) in [7, 11) is 0. The lowest BCUT2D eigenvalue weighted by molar-refractivity contribution is 0.0311. The Morgan fingerprint density at radius 1 is 0.815 bits per heavy atom. The molecule has 2 aromatic rings. The predicted molar refractivity (Wildman–Crippen MR) is 105 cm³/mol. The monoisotopic (exact) mass is 366 g/mol. The van der Waals surface area contributed by atoms with Crippen molar-refractivity contribution in [2.75, 3.05) is 0 Å². The molecule has 1 aliphatic carbocycles. The van der Waals surface area contributed by atoms with E-state index in [2.05, 4.69) is 0 Å². The lowest BCUT2D eigenvalue weighted by atomic mass is 9.75. The number of aliphatic hydroxyl groups is 1. The van der Waals surface area contributed by atoms with Crippen molar-refractivity contribution in [1.29, 1.82) is 0 Å². The van der Waals surface area contributed by atoms with Crippen molar-refractivity contribution in [1.82, 2.24) is 0 Å². The van der Waals surface area contributed by atoms with Crippen LogP contribution in [-0.4, -0.2) is 21.8 Å². The maximum atomic E-state index is 13.0. The smallest absolute Gasteiger partial charge is 0.220 e. The third kappa shape index (κ3) is 2.79. The number of aromatic hydroxyl groups is 1. The lowest BCUT2D eigenvalue weighted by Gasteiger charge is -2.30. The number of carbonyl (C=O) groups is 2. The zero-order valence-electron chi connectivity index (χ0n) is 16.7. The van der Waals surface area contributed by atoms with Gasteiger partial charge in [0.2, 0.25) is 17.2 Å². The molecule has 3 rings (SSSR count). The summed E-state index contributed by atoms with van der Waals surface area (Å²) in [6.45, 7) is 11.8. The Balaban J connectivity index is 2.35. The van der Waals surface area contributed by atoms with Crippen molar-refractivity contribution in [2.24, 2.45) is 0 Å². The van der Waals surface area contributed by atoms with Crippen LogP contribution in [0.4, 0.5) is 0 Å². The first-order chi connectivity index (χ1) is 12.3. The van der Waals surface area contributed by atoms with E-state index in [4.69, 9.17) is 0 Å². The van der Waals surface area contributed by atoms with Crippen molar-refractivity contribution >= 4 is 11.6 Å². The van der Waals surface area contributed by atoms with Crippen LogP contribution in [0.25, 0.3) is 0 Å². The number of benzene rings is 2. The summed E-state index contributed by atoms with van der Waals surface area (Å²) in [5.74, 6) is -1.58. The van der Waals surface area contributed by atoms with Gasteiger partial charge >= 0.3 is 0 Å². The van der Waals surface area contributed by atoms with Crippen molar-refractivity contribution in [3.8, 4) is 5.75 Å². The van der Waals surface area contributed by atoms with Crippen LogP contribution in [0.2, 0.25) is 0 Å². The molecule has 0 saturated heterocycles. The number of phenolic OH excluding ortho intramolecular Hbond substituents is 1. The van der Waals surface area contributed by atoms with Gasteiger partial charge in [0, 0.05) is 16.7 Å². The molecular weight excluding hydrogens is 340 g/mol. The molecule has 0 amide bonds. The second-order valence-corrected chi connectivity index (χ2v) is 9.33. The Labute approximate surface area is 159 Å². The second kappa shape index (κ2) is 5.77. The molecule has 1 aliphatic rings. The van der Waals surface area contributed by atoms with Crippen LogP contribution in [-0.2, 0) is 16.4 Å². The SMILES string of the molecule is CC(C)(C)c1cc(C(C)(C)C)c(O)c(C2(O)C(=O)c3ccccc3C2=O)c1. The molecule has 0 atom stereocenters. The van der Waals surface area contributed by atoms with Crippen LogP contribution in [0.15, 0.2) is 36.4 Å². The first-order valence-corrected chi connectivity index (χ1v) is 9.09. The van der Waals surface area contributed by atoms with Crippen molar-refractivity contribution in [3.63, 3.8) is 0 Å². The Morgan fingerprint density at radius 3 is 1.70 bits per heavy atom. The van der Waals surface area contributed by atoms with E-state index < -0.39 is 22.6 Å². The van der Waals surface area contributed by atoms with E-state index in [0.717, 1.165) is 5.56 Å². The fourth-order valence-corrected chi connectivity index (χ4v) is 3.53. The van der Waals surface area contributed by atoms with E-state index >= 15 is 0 Å². The molecule has 0 bridgehead atoms. The highest BCUT2D eigenvalue weighted by Gasteiger charge is 2.55. The average molecular weight is 366 g/mol. The lowest BCUT2D eigenvalue weighted by Crippen LogP contribution is -2.39. The summed E-state index contributed by atoms with van der Waals surface area (Å²) in [4.78, 5) is 26.0. The molecule has 0 radical (unpaired) electrons. The molecule has 4 nitrogen and oxygen atoms in total. The van der Waals surface area contributed by atoms with E-state index in [1.165, 1.54) is 12.1 Å². The number of fused-ring (bicyclic) bond motifs is 1. The van der Waals surface area contributed by atoms with Crippen molar-refractivity contribution in [3.05, 3.63) is 64.2 Å². The third-order valence-corrected chi connectivity index (χ3v) is 5.25. The van der Waals surface area contributed by atoms with E-state index in [0.29, 0.717) is 5.56 Å². The molecular formula is C23H26O4. The number of Topliss-reactive ketones (excluding diaryl/α,β-unsaturated/α-hetero) is 2. The number of phenols is 1. The molecule has 0 aromatic heterocycles. The molecule has 0 saturated carbocycles. The number of hydrogen-bond donors (Lipinski definition) is 2. The molecule has 0 heterocycles. The van der Waals surface area contributed by atoms with Crippen molar-refractivity contribution in [2.45, 2.75) is 58.0 Å². The quantitative estimate of drug-likeness (QED) is 0.740. The first kappa shape index (κ1) is 19.3. The van der Waals surface area contributed by atoms with Gasteiger partial charge < -0.3 is 10.2 Å². The van der Waals surface area contributed by atoms with Crippen molar-refractivity contribution < 1.29 is 19.8 Å². The van der Waals surface area contributed by atoms with Crippen LogP contribution < -0.4 is 0 Å². The average Bonchev–Trinajstić information content (AvgIpc) is 2.76. The topological polar surface area (TPSA) is 74.6 Å².